The van der Waals surface area contributed by atoms with Crippen molar-refractivity contribution in [3.8, 4) is 0 Å². The van der Waals surface area contributed by atoms with Gasteiger partial charge in [-0.15, -0.1) is 0 Å². The second-order valence-electron chi connectivity index (χ2n) is 6.49. The Kier molecular flexibility index (Phi) is 5.39. The minimum Gasteiger partial charge on any atom is -0.465 e. The van der Waals surface area contributed by atoms with Crippen LogP contribution < -0.4 is 10.4 Å². The highest BCUT2D eigenvalue weighted by Crippen LogP contribution is 2.16. The Bertz CT molecular complexity index is 1190. The summed E-state index contributed by atoms with van der Waals surface area (Å²) in [5.74, 6) is -0.649. The molecule has 0 fully saturated rings. The van der Waals surface area contributed by atoms with Crippen molar-refractivity contribution < 1.29 is 17.9 Å². The lowest BCUT2D eigenvalue weighted by molar-refractivity contribution is 0.0600. The van der Waals surface area contributed by atoms with Gasteiger partial charge in [0, 0.05) is 20.6 Å². The molecular weight excluding hydrogens is 382 g/mol. The quantitative estimate of drug-likeness (QED) is 0.625. The van der Waals surface area contributed by atoms with E-state index in [0.717, 1.165) is 11.1 Å². The van der Waals surface area contributed by atoms with Crippen LogP contribution in [0.2, 0.25) is 0 Å². The maximum absolute atomic E-state index is 12.4. The van der Waals surface area contributed by atoms with Gasteiger partial charge in [0.25, 0.3) is 0 Å². The molecule has 0 aliphatic heterocycles. The van der Waals surface area contributed by atoms with E-state index >= 15 is 0 Å². The van der Waals surface area contributed by atoms with Crippen molar-refractivity contribution >= 4 is 27.0 Å². The van der Waals surface area contributed by atoms with Crippen molar-refractivity contribution in [3.05, 3.63) is 69.6 Å². The second-order valence-corrected chi connectivity index (χ2v) is 8.30. The van der Waals surface area contributed by atoms with E-state index in [0.29, 0.717) is 16.6 Å². The maximum atomic E-state index is 12.4. The molecule has 0 aliphatic rings. The molecule has 0 saturated heterocycles. The number of imidazole rings is 1. The number of hydrogen-bond acceptors (Lipinski definition) is 5. The molecule has 28 heavy (non-hydrogen) atoms. The number of nitrogens with one attached hydrogen (secondary N) is 1. The summed E-state index contributed by atoms with van der Waals surface area (Å²) in [6, 6.07) is 11.7. The summed E-state index contributed by atoms with van der Waals surface area (Å²) >= 11 is 0. The lowest BCUT2D eigenvalue weighted by Gasteiger charge is -2.08. The average molecular weight is 403 g/mol. The lowest BCUT2D eigenvalue weighted by atomic mass is 10.1. The smallest absolute Gasteiger partial charge is 0.337 e. The summed E-state index contributed by atoms with van der Waals surface area (Å²) in [4.78, 5) is 23.4. The first-order valence-corrected chi connectivity index (χ1v) is 10.2. The number of aryl methyl sites for hydroxylation is 2. The maximum Gasteiger partial charge on any atom is 0.337 e. The highest BCUT2D eigenvalue weighted by molar-refractivity contribution is 7.88. The fourth-order valence-electron chi connectivity index (χ4n) is 2.98. The Labute approximate surface area is 162 Å². The minimum absolute atomic E-state index is 0.107. The number of ether oxygens (including phenoxy) is 1. The molecule has 0 radical (unpaired) electrons. The van der Waals surface area contributed by atoms with Gasteiger partial charge >= 0.3 is 11.7 Å². The molecule has 148 valence electrons. The Morgan fingerprint density at radius 2 is 1.61 bits per heavy atom. The molecule has 8 nitrogen and oxygen atoms in total. The van der Waals surface area contributed by atoms with Gasteiger partial charge in [-0.25, -0.2) is 22.7 Å². The van der Waals surface area contributed by atoms with Gasteiger partial charge in [-0.1, -0.05) is 18.2 Å². The number of benzene rings is 2. The van der Waals surface area contributed by atoms with Crippen LogP contribution in [0, 0.1) is 0 Å². The Balaban J connectivity index is 1.72. The number of fused-ring (bicyclic) bond motifs is 1. The van der Waals surface area contributed by atoms with Crippen molar-refractivity contribution in [1.82, 2.24) is 13.9 Å². The number of methoxy groups -OCH3 is 1. The summed E-state index contributed by atoms with van der Waals surface area (Å²) in [6.45, 7) is 0.107. The fraction of sp³-hybridized carbons (Fsp3) is 0.263. The van der Waals surface area contributed by atoms with Crippen molar-refractivity contribution in [2.75, 3.05) is 7.11 Å². The summed E-state index contributed by atoms with van der Waals surface area (Å²) < 4.78 is 35.0. The number of carbonyl (C=O) groups excluding carboxylic acids is 1. The summed E-state index contributed by atoms with van der Waals surface area (Å²) in [7, 11) is 1.04. The predicted octanol–water partition coefficient (Wildman–Crippen LogP) is 1.28. The van der Waals surface area contributed by atoms with Gasteiger partial charge in [0.15, 0.2) is 0 Å². The average Bonchev–Trinajstić information content (AvgIpc) is 2.90. The summed E-state index contributed by atoms with van der Waals surface area (Å²) in [5, 5.41) is 0. The van der Waals surface area contributed by atoms with E-state index in [1.807, 2.05) is 0 Å². The largest absolute Gasteiger partial charge is 0.465 e. The summed E-state index contributed by atoms with van der Waals surface area (Å²) in [5.41, 5.74) is 2.96. The first-order valence-electron chi connectivity index (χ1n) is 8.51. The molecule has 0 bridgehead atoms. The van der Waals surface area contributed by atoms with Crippen molar-refractivity contribution in [2.45, 2.75) is 12.3 Å². The zero-order chi connectivity index (χ0) is 20.5. The lowest BCUT2D eigenvalue weighted by Crippen LogP contribution is -2.24. The monoisotopic (exact) mass is 403 g/mol. The van der Waals surface area contributed by atoms with Gasteiger partial charge in [0.1, 0.15) is 0 Å². The van der Waals surface area contributed by atoms with Crippen LogP contribution in [0.4, 0.5) is 0 Å². The Morgan fingerprint density at radius 3 is 2.25 bits per heavy atom. The number of esters is 1. The third-order valence-corrected chi connectivity index (χ3v) is 5.86. The first-order chi connectivity index (χ1) is 13.2. The Morgan fingerprint density at radius 1 is 1.00 bits per heavy atom. The molecule has 0 amide bonds. The highest BCUT2D eigenvalue weighted by Gasteiger charge is 2.14. The van der Waals surface area contributed by atoms with Crippen LogP contribution >= 0.6 is 0 Å². The molecule has 3 rings (SSSR count). The second kappa shape index (κ2) is 7.61. The Hall–Kier alpha value is -2.91. The normalized spacial score (nSPS) is 11.7. The SMILES string of the molecule is COC(=O)c1ccc(CNS(=O)(=O)Cc2ccc3c(c2)n(C)c(=O)n3C)cc1. The van der Waals surface area contributed by atoms with Crippen molar-refractivity contribution in [2.24, 2.45) is 14.1 Å². The van der Waals surface area contributed by atoms with Crippen LogP contribution in [-0.4, -0.2) is 30.6 Å². The fourth-order valence-corrected chi connectivity index (χ4v) is 4.09. The van der Waals surface area contributed by atoms with E-state index in [9.17, 15) is 18.0 Å². The molecule has 3 aromatic rings. The van der Waals surface area contributed by atoms with Crippen molar-refractivity contribution in [1.29, 1.82) is 0 Å². The topological polar surface area (TPSA) is 99.4 Å². The molecule has 0 aliphatic carbocycles. The minimum atomic E-state index is -3.58. The number of aromatic nitrogens is 2. The van der Waals surface area contributed by atoms with Crippen LogP contribution in [0.3, 0.4) is 0 Å². The number of carbonyl (C=O) groups is 1. The number of hydrogen-bond donors (Lipinski definition) is 1. The first kappa shape index (κ1) is 19.8. The molecule has 0 saturated carbocycles. The van der Waals surface area contributed by atoms with Crippen LogP contribution in [0.5, 0.6) is 0 Å². The zero-order valence-electron chi connectivity index (χ0n) is 15.8. The molecule has 1 N–H and O–H groups in total. The van der Waals surface area contributed by atoms with Gasteiger partial charge < -0.3 is 4.74 Å². The molecule has 1 heterocycles. The molecule has 0 unspecified atom stereocenters. The molecule has 9 heteroatoms. The highest BCUT2D eigenvalue weighted by atomic mass is 32.2. The van der Waals surface area contributed by atoms with E-state index in [2.05, 4.69) is 9.46 Å². The number of nitrogens with zero attached hydrogens (tertiary/aromatic N) is 2. The van der Waals surface area contributed by atoms with Gasteiger partial charge in [-0.2, -0.15) is 0 Å². The molecule has 0 spiro atoms. The molecular formula is C19H21N3O5S. The molecule has 2 aromatic carbocycles. The van der Waals surface area contributed by atoms with Crippen LogP contribution in [0.1, 0.15) is 21.5 Å². The van der Waals surface area contributed by atoms with E-state index in [1.165, 1.54) is 16.2 Å². The van der Waals surface area contributed by atoms with Crippen LogP contribution in [0.25, 0.3) is 11.0 Å². The van der Waals surface area contributed by atoms with E-state index in [1.54, 1.807) is 56.6 Å². The predicted molar refractivity (Wildman–Crippen MR) is 105 cm³/mol. The van der Waals surface area contributed by atoms with Crippen LogP contribution in [-0.2, 0) is 41.2 Å². The third kappa shape index (κ3) is 4.00. The van der Waals surface area contributed by atoms with Crippen molar-refractivity contribution in [3.63, 3.8) is 0 Å². The van der Waals surface area contributed by atoms with E-state index in [-0.39, 0.29) is 18.0 Å². The number of rotatable bonds is 6. The van der Waals surface area contributed by atoms with E-state index in [4.69, 9.17) is 0 Å². The van der Waals surface area contributed by atoms with Gasteiger partial charge in [0.2, 0.25) is 10.0 Å². The van der Waals surface area contributed by atoms with Gasteiger partial charge in [0.05, 0.1) is 29.5 Å². The zero-order valence-corrected chi connectivity index (χ0v) is 16.6. The van der Waals surface area contributed by atoms with E-state index < -0.39 is 16.0 Å². The number of sulfonamides is 1. The van der Waals surface area contributed by atoms with Gasteiger partial charge in [-0.05, 0) is 35.4 Å². The summed E-state index contributed by atoms with van der Waals surface area (Å²) in [6.07, 6.45) is 0. The van der Waals surface area contributed by atoms with Crippen LogP contribution in [0.15, 0.2) is 47.3 Å². The molecule has 0 atom stereocenters. The third-order valence-electron chi connectivity index (χ3n) is 4.56. The standard InChI is InChI=1S/C19H21N3O5S/c1-21-16-9-6-14(10-17(16)22(2)19(21)24)12-28(25,26)20-11-13-4-7-15(8-5-13)18(23)27-3/h4-10,20H,11-12H2,1-3H3. The van der Waals surface area contributed by atoms with Gasteiger partial charge in [-0.3, -0.25) is 9.13 Å². The molecule has 1 aromatic heterocycles.